The van der Waals surface area contributed by atoms with Crippen LogP contribution in [0.3, 0.4) is 0 Å². The average Bonchev–Trinajstić information content (AvgIpc) is 3.50. The van der Waals surface area contributed by atoms with Gasteiger partial charge in [-0.2, -0.15) is 0 Å². The molecule has 1 saturated heterocycles. The Morgan fingerprint density at radius 1 is 0.379 bits per heavy atom. The van der Waals surface area contributed by atoms with Crippen LogP contribution in [-0.2, 0) is 9.05 Å². The molecule has 0 atom stereocenters. The standard InChI is InChI=1S/C51H43N4O2P/c1-50(2)51(3,4)57-58(56-50)46-34-33-44(55(42-23-15-8-16-24-42)43-31-29-37(30-32-43)36-17-9-5-10-18-36)35-45(46)38-25-27-41(28-26-38)49-53-47(39-19-11-6-12-20-39)52-48(54-49)40-21-13-7-14-22-40/h5-35H,1-4H3. The third-order valence-corrected chi connectivity index (χ3v) is 12.9. The Labute approximate surface area is 341 Å². The lowest BCUT2D eigenvalue weighted by atomic mass is 9.90. The first kappa shape index (κ1) is 37.3. The van der Waals surface area contributed by atoms with Crippen LogP contribution in [0.2, 0.25) is 0 Å². The van der Waals surface area contributed by atoms with E-state index < -0.39 is 19.6 Å². The van der Waals surface area contributed by atoms with Crippen LogP contribution in [0.1, 0.15) is 27.7 Å². The second kappa shape index (κ2) is 15.6. The van der Waals surface area contributed by atoms with Crippen molar-refractivity contribution in [3.05, 3.63) is 188 Å². The molecular weight excluding hydrogens is 732 g/mol. The smallest absolute Gasteiger partial charge is 0.207 e. The van der Waals surface area contributed by atoms with Crippen LogP contribution in [0.4, 0.5) is 17.1 Å². The lowest BCUT2D eigenvalue weighted by Crippen LogP contribution is -2.41. The molecule has 0 spiro atoms. The highest BCUT2D eigenvalue weighted by molar-refractivity contribution is 7.56. The predicted octanol–water partition coefficient (Wildman–Crippen LogP) is 13.2. The maximum absolute atomic E-state index is 6.74. The number of anilines is 3. The van der Waals surface area contributed by atoms with Crippen LogP contribution < -0.4 is 10.2 Å². The van der Waals surface area contributed by atoms with Gasteiger partial charge in [-0.3, -0.25) is 0 Å². The fourth-order valence-electron chi connectivity index (χ4n) is 7.00. The lowest BCUT2D eigenvalue weighted by Gasteiger charge is -2.29. The van der Waals surface area contributed by atoms with E-state index in [2.05, 4.69) is 154 Å². The molecule has 7 heteroatoms. The van der Waals surface area contributed by atoms with Crippen molar-refractivity contribution < 1.29 is 9.05 Å². The van der Waals surface area contributed by atoms with Crippen molar-refractivity contribution >= 4 is 30.7 Å². The SMILES string of the molecule is CC1(C)OP(c2ccc(N(c3ccccc3)c3ccc(-c4ccccc4)cc3)cc2-c2ccc(-c3nc(-c4ccccc4)nc(-c4ccccc4)n3)cc2)OC1(C)C. The molecule has 1 aliphatic rings. The van der Waals surface area contributed by atoms with Gasteiger partial charge in [0.15, 0.2) is 17.5 Å². The van der Waals surface area contributed by atoms with Crippen molar-refractivity contribution in [2.24, 2.45) is 0 Å². The Kier molecular flexibility index (Phi) is 10.0. The molecule has 0 saturated carbocycles. The summed E-state index contributed by atoms with van der Waals surface area (Å²) in [6.45, 7) is 8.43. The van der Waals surface area contributed by atoms with E-state index in [0.29, 0.717) is 17.5 Å². The molecule has 0 aliphatic carbocycles. The van der Waals surface area contributed by atoms with E-state index >= 15 is 0 Å². The number of nitrogens with zero attached hydrogens (tertiary/aromatic N) is 4. The molecule has 58 heavy (non-hydrogen) atoms. The van der Waals surface area contributed by atoms with E-state index in [1.165, 1.54) is 11.1 Å². The van der Waals surface area contributed by atoms with Gasteiger partial charge in [-0.05, 0) is 92.4 Å². The normalized spacial score (nSPS) is 14.6. The van der Waals surface area contributed by atoms with Gasteiger partial charge in [-0.15, -0.1) is 0 Å². The molecule has 1 aromatic heterocycles. The average molecular weight is 775 g/mol. The van der Waals surface area contributed by atoms with Gasteiger partial charge in [0, 0.05) is 39.1 Å². The second-order valence-corrected chi connectivity index (χ2v) is 16.7. The number of aromatic nitrogens is 3. The van der Waals surface area contributed by atoms with Gasteiger partial charge in [-0.25, -0.2) is 15.0 Å². The highest BCUT2D eigenvalue weighted by atomic mass is 31.2. The molecule has 1 fully saturated rings. The van der Waals surface area contributed by atoms with Gasteiger partial charge in [-0.1, -0.05) is 146 Å². The van der Waals surface area contributed by atoms with Crippen molar-refractivity contribution in [1.29, 1.82) is 0 Å². The molecule has 0 radical (unpaired) electrons. The van der Waals surface area contributed by atoms with Gasteiger partial charge in [0.1, 0.15) is 0 Å². The summed E-state index contributed by atoms with van der Waals surface area (Å²) in [5, 5.41) is 1.02. The minimum absolute atomic E-state index is 0.472. The zero-order valence-electron chi connectivity index (χ0n) is 33.0. The van der Waals surface area contributed by atoms with Crippen molar-refractivity contribution in [1.82, 2.24) is 15.0 Å². The van der Waals surface area contributed by atoms with E-state index in [9.17, 15) is 0 Å². The number of rotatable bonds is 9. The molecule has 1 aliphatic heterocycles. The van der Waals surface area contributed by atoms with E-state index in [1.807, 2.05) is 66.7 Å². The number of benzene rings is 7. The summed E-state index contributed by atoms with van der Waals surface area (Å²) < 4.78 is 13.5. The van der Waals surface area contributed by atoms with Gasteiger partial charge in [0.25, 0.3) is 0 Å². The summed E-state index contributed by atoms with van der Waals surface area (Å²) >= 11 is 0. The van der Waals surface area contributed by atoms with E-state index in [-0.39, 0.29) is 0 Å². The molecule has 0 N–H and O–H groups in total. The second-order valence-electron chi connectivity index (χ2n) is 15.4. The summed E-state index contributed by atoms with van der Waals surface area (Å²) in [6.07, 6.45) is 0. The molecule has 0 amide bonds. The first-order chi connectivity index (χ1) is 28.2. The summed E-state index contributed by atoms with van der Waals surface area (Å²) in [7, 11) is -1.39. The topological polar surface area (TPSA) is 60.4 Å². The Morgan fingerprint density at radius 3 is 1.24 bits per heavy atom. The Balaban J connectivity index is 1.15. The number of para-hydroxylation sites is 1. The minimum atomic E-state index is -1.39. The molecule has 0 bridgehead atoms. The Morgan fingerprint density at radius 2 is 0.741 bits per heavy atom. The maximum atomic E-state index is 6.74. The van der Waals surface area contributed by atoms with Crippen LogP contribution in [0.15, 0.2) is 188 Å². The molecule has 6 nitrogen and oxygen atoms in total. The first-order valence-electron chi connectivity index (χ1n) is 19.5. The van der Waals surface area contributed by atoms with E-state index in [0.717, 1.165) is 50.2 Å². The van der Waals surface area contributed by atoms with Crippen LogP contribution in [0, 0.1) is 0 Å². The molecular formula is C51H43N4O2P. The molecule has 284 valence electrons. The van der Waals surface area contributed by atoms with Crippen LogP contribution in [0.5, 0.6) is 0 Å². The van der Waals surface area contributed by atoms with E-state index in [1.54, 1.807) is 0 Å². The molecule has 0 unspecified atom stereocenters. The summed E-state index contributed by atoms with van der Waals surface area (Å²) in [5.74, 6) is 1.87. The van der Waals surface area contributed by atoms with Gasteiger partial charge in [0.05, 0.1) is 11.2 Å². The first-order valence-corrected chi connectivity index (χ1v) is 20.7. The number of hydrogen-bond acceptors (Lipinski definition) is 6. The molecule has 8 aromatic rings. The van der Waals surface area contributed by atoms with Gasteiger partial charge in [0.2, 0.25) is 8.38 Å². The third-order valence-electron chi connectivity index (χ3n) is 10.9. The highest BCUT2D eigenvalue weighted by Crippen LogP contribution is 2.58. The quantitative estimate of drug-likeness (QED) is 0.136. The fourth-order valence-corrected chi connectivity index (χ4v) is 9.09. The van der Waals surface area contributed by atoms with E-state index in [4.69, 9.17) is 24.0 Å². The zero-order valence-corrected chi connectivity index (χ0v) is 33.8. The number of hydrogen-bond donors (Lipinski definition) is 0. The Hall–Kier alpha value is -6.30. The van der Waals surface area contributed by atoms with Crippen molar-refractivity contribution in [2.75, 3.05) is 4.90 Å². The molecule has 7 aromatic carbocycles. The van der Waals surface area contributed by atoms with Crippen LogP contribution in [-0.4, -0.2) is 26.2 Å². The van der Waals surface area contributed by atoms with Crippen molar-refractivity contribution in [2.45, 2.75) is 38.9 Å². The van der Waals surface area contributed by atoms with Crippen molar-refractivity contribution in [3.8, 4) is 56.4 Å². The minimum Gasteiger partial charge on any atom is -0.321 e. The largest absolute Gasteiger partial charge is 0.321 e. The summed E-state index contributed by atoms with van der Waals surface area (Å²) in [4.78, 5) is 17.1. The lowest BCUT2D eigenvalue weighted by molar-refractivity contribution is 0.00578. The maximum Gasteiger partial charge on any atom is 0.207 e. The third kappa shape index (κ3) is 7.46. The predicted molar refractivity (Wildman–Crippen MR) is 239 cm³/mol. The van der Waals surface area contributed by atoms with Crippen molar-refractivity contribution in [3.63, 3.8) is 0 Å². The zero-order chi connectivity index (χ0) is 39.7. The summed E-state index contributed by atoms with van der Waals surface area (Å²) in [6, 6.07) is 65.0. The molecule has 2 heterocycles. The fraction of sp³-hybridized carbons (Fsp3) is 0.118. The highest BCUT2D eigenvalue weighted by Gasteiger charge is 2.50. The van der Waals surface area contributed by atoms with Gasteiger partial charge >= 0.3 is 0 Å². The summed E-state index contributed by atoms with van der Waals surface area (Å²) in [5.41, 5.74) is 9.38. The van der Waals surface area contributed by atoms with Gasteiger partial charge < -0.3 is 13.9 Å². The van der Waals surface area contributed by atoms with Crippen LogP contribution in [0.25, 0.3) is 56.4 Å². The Bertz CT molecular complexity index is 2580. The monoisotopic (exact) mass is 774 g/mol. The van der Waals surface area contributed by atoms with Crippen LogP contribution >= 0.6 is 8.38 Å². The molecule has 9 rings (SSSR count).